The molecule has 0 aliphatic carbocycles. The summed E-state index contributed by atoms with van der Waals surface area (Å²) in [7, 11) is 0. The van der Waals surface area contributed by atoms with Gasteiger partial charge in [0.25, 0.3) is 0 Å². The minimum Gasteiger partial charge on any atom is -0.471 e. The maximum atomic E-state index is 9.72. The molecule has 0 bridgehead atoms. The van der Waals surface area contributed by atoms with Crippen molar-refractivity contribution in [3.63, 3.8) is 0 Å². The van der Waals surface area contributed by atoms with Crippen molar-refractivity contribution < 1.29 is 9.47 Å². The average Bonchev–Trinajstić information content (AvgIpc) is 3.24. The van der Waals surface area contributed by atoms with Crippen molar-refractivity contribution in [2.45, 2.75) is 25.9 Å². The number of rotatable bonds is 6. The Morgan fingerprint density at radius 1 is 1.20 bits per heavy atom. The normalized spacial score (nSPS) is 15.6. The van der Waals surface area contributed by atoms with Crippen LogP contribution in [0.1, 0.15) is 24.5 Å². The number of aryl methyl sites for hydroxylation is 1. The first-order chi connectivity index (χ1) is 14.7. The summed E-state index contributed by atoms with van der Waals surface area (Å²) in [6.45, 7) is 3.55. The third kappa shape index (κ3) is 4.34. The Labute approximate surface area is 181 Å². The quantitative estimate of drug-likeness (QED) is 0.519. The van der Waals surface area contributed by atoms with E-state index < -0.39 is 0 Å². The van der Waals surface area contributed by atoms with E-state index in [1.807, 2.05) is 36.4 Å². The summed E-state index contributed by atoms with van der Waals surface area (Å²) < 4.78 is 12.0. The summed E-state index contributed by atoms with van der Waals surface area (Å²) in [5.74, 6) is 1.92. The number of hydrogen-bond donors (Lipinski definition) is 0. The van der Waals surface area contributed by atoms with Crippen molar-refractivity contribution in [3.05, 3.63) is 76.9 Å². The highest BCUT2D eigenvalue weighted by Gasteiger charge is 2.27. The Kier molecular flexibility index (Phi) is 6.06. The van der Waals surface area contributed by atoms with Gasteiger partial charge in [-0.3, -0.25) is 0 Å². The van der Waals surface area contributed by atoms with E-state index in [2.05, 4.69) is 22.9 Å². The van der Waals surface area contributed by atoms with E-state index in [0.717, 1.165) is 36.4 Å². The number of hydrogen-bond acceptors (Lipinski definition) is 5. The molecule has 1 atom stereocenters. The average molecular weight is 420 g/mol. The molecule has 1 fully saturated rings. The van der Waals surface area contributed by atoms with Crippen LogP contribution in [0.3, 0.4) is 0 Å². The molecule has 1 aliphatic rings. The SMILES string of the molecule is CCc1ccccc1Oc1ccc(N2CC[C@H](Oc3ncccc3Cl)C2)c(C#N)c1. The number of ether oxygens (including phenoxy) is 2. The van der Waals surface area contributed by atoms with Gasteiger partial charge < -0.3 is 14.4 Å². The number of nitriles is 1. The van der Waals surface area contributed by atoms with Crippen LogP contribution in [-0.2, 0) is 6.42 Å². The summed E-state index contributed by atoms with van der Waals surface area (Å²) in [4.78, 5) is 6.35. The Hall–Kier alpha value is -3.23. The number of nitrogens with zero attached hydrogens (tertiary/aromatic N) is 3. The summed E-state index contributed by atoms with van der Waals surface area (Å²) in [6, 6.07) is 19.4. The first-order valence-corrected chi connectivity index (χ1v) is 10.4. The molecule has 0 amide bonds. The van der Waals surface area contributed by atoms with Gasteiger partial charge in [0.2, 0.25) is 5.88 Å². The van der Waals surface area contributed by atoms with E-state index in [0.29, 0.717) is 28.8 Å². The minimum atomic E-state index is -0.0312. The molecule has 6 heteroatoms. The number of anilines is 1. The lowest BCUT2D eigenvalue weighted by Crippen LogP contribution is -2.25. The van der Waals surface area contributed by atoms with Crippen LogP contribution in [0, 0.1) is 11.3 Å². The molecule has 3 aromatic rings. The van der Waals surface area contributed by atoms with Gasteiger partial charge in [-0.15, -0.1) is 0 Å². The van der Waals surface area contributed by atoms with Gasteiger partial charge in [0.1, 0.15) is 28.7 Å². The van der Waals surface area contributed by atoms with Gasteiger partial charge >= 0.3 is 0 Å². The smallest absolute Gasteiger partial charge is 0.232 e. The van der Waals surface area contributed by atoms with Gasteiger partial charge in [-0.1, -0.05) is 36.7 Å². The Bertz CT molecular complexity index is 1080. The van der Waals surface area contributed by atoms with Crippen LogP contribution in [0.4, 0.5) is 5.69 Å². The molecule has 4 rings (SSSR count). The molecular formula is C24H22ClN3O2. The van der Waals surface area contributed by atoms with Crippen LogP contribution in [0.5, 0.6) is 17.4 Å². The maximum Gasteiger partial charge on any atom is 0.232 e. The fourth-order valence-electron chi connectivity index (χ4n) is 3.63. The summed E-state index contributed by atoms with van der Waals surface area (Å²) in [5.41, 5.74) is 2.60. The second-order valence-corrected chi connectivity index (χ2v) is 7.53. The van der Waals surface area contributed by atoms with Crippen molar-refractivity contribution in [1.29, 1.82) is 5.26 Å². The molecule has 2 heterocycles. The number of aromatic nitrogens is 1. The minimum absolute atomic E-state index is 0.0312. The first-order valence-electron chi connectivity index (χ1n) is 10.00. The molecule has 2 aromatic carbocycles. The summed E-state index contributed by atoms with van der Waals surface area (Å²) in [6.07, 6.45) is 3.35. The lowest BCUT2D eigenvalue weighted by atomic mass is 10.1. The van der Waals surface area contributed by atoms with E-state index in [4.69, 9.17) is 21.1 Å². The van der Waals surface area contributed by atoms with Crippen LogP contribution < -0.4 is 14.4 Å². The van der Waals surface area contributed by atoms with Gasteiger partial charge in [-0.05, 0) is 42.3 Å². The molecule has 30 heavy (non-hydrogen) atoms. The van der Waals surface area contributed by atoms with Crippen molar-refractivity contribution in [2.75, 3.05) is 18.0 Å². The van der Waals surface area contributed by atoms with Gasteiger partial charge in [-0.2, -0.15) is 5.26 Å². The topological polar surface area (TPSA) is 58.4 Å². The van der Waals surface area contributed by atoms with Crippen LogP contribution in [0.2, 0.25) is 5.02 Å². The molecule has 1 saturated heterocycles. The zero-order valence-electron chi connectivity index (χ0n) is 16.7. The molecule has 0 saturated carbocycles. The second-order valence-electron chi connectivity index (χ2n) is 7.12. The van der Waals surface area contributed by atoms with Crippen LogP contribution >= 0.6 is 11.6 Å². The predicted octanol–water partition coefficient (Wildman–Crippen LogP) is 5.62. The van der Waals surface area contributed by atoms with Crippen molar-refractivity contribution in [3.8, 4) is 23.4 Å². The molecule has 152 valence electrons. The molecule has 0 unspecified atom stereocenters. The summed E-state index contributed by atoms with van der Waals surface area (Å²) >= 11 is 6.15. The van der Waals surface area contributed by atoms with Crippen LogP contribution in [0.25, 0.3) is 0 Å². The Balaban J connectivity index is 1.48. The van der Waals surface area contributed by atoms with E-state index in [-0.39, 0.29) is 6.10 Å². The van der Waals surface area contributed by atoms with E-state index in [9.17, 15) is 5.26 Å². The van der Waals surface area contributed by atoms with Gasteiger partial charge in [0.15, 0.2) is 0 Å². The zero-order chi connectivity index (χ0) is 20.9. The molecule has 0 N–H and O–H groups in total. The third-order valence-electron chi connectivity index (χ3n) is 5.16. The highest BCUT2D eigenvalue weighted by atomic mass is 35.5. The van der Waals surface area contributed by atoms with E-state index >= 15 is 0 Å². The Morgan fingerprint density at radius 2 is 2.07 bits per heavy atom. The number of pyridine rings is 1. The van der Waals surface area contributed by atoms with Crippen LogP contribution in [0.15, 0.2) is 60.8 Å². The highest BCUT2D eigenvalue weighted by Crippen LogP contribution is 2.32. The molecule has 0 radical (unpaired) electrons. The number of halogens is 1. The highest BCUT2D eigenvalue weighted by molar-refractivity contribution is 6.31. The second kappa shape index (κ2) is 9.06. The van der Waals surface area contributed by atoms with Crippen molar-refractivity contribution in [2.24, 2.45) is 0 Å². The monoisotopic (exact) mass is 419 g/mol. The van der Waals surface area contributed by atoms with Gasteiger partial charge in [0.05, 0.1) is 17.8 Å². The Morgan fingerprint density at radius 3 is 2.87 bits per heavy atom. The lowest BCUT2D eigenvalue weighted by Gasteiger charge is -2.21. The van der Waals surface area contributed by atoms with Crippen molar-refractivity contribution >= 4 is 17.3 Å². The predicted molar refractivity (Wildman–Crippen MR) is 118 cm³/mol. The molecule has 0 spiro atoms. The fourth-order valence-corrected chi connectivity index (χ4v) is 3.79. The fraction of sp³-hybridized carbons (Fsp3) is 0.250. The maximum absolute atomic E-state index is 9.72. The van der Waals surface area contributed by atoms with E-state index in [1.54, 1.807) is 24.4 Å². The molecule has 1 aliphatic heterocycles. The third-order valence-corrected chi connectivity index (χ3v) is 5.45. The van der Waals surface area contributed by atoms with Gasteiger partial charge in [0, 0.05) is 25.2 Å². The number of benzene rings is 2. The number of para-hydroxylation sites is 1. The van der Waals surface area contributed by atoms with Gasteiger partial charge in [-0.25, -0.2) is 4.98 Å². The summed E-state index contributed by atoms with van der Waals surface area (Å²) in [5, 5.41) is 10.2. The van der Waals surface area contributed by atoms with E-state index in [1.165, 1.54) is 0 Å². The first kappa shape index (κ1) is 20.1. The lowest BCUT2D eigenvalue weighted by molar-refractivity contribution is 0.216. The van der Waals surface area contributed by atoms with Crippen molar-refractivity contribution in [1.82, 2.24) is 4.98 Å². The molecule has 5 nitrogen and oxygen atoms in total. The molecular weight excluding hydrogens is 398 g/mol. The largest absolute Gasteiger partial charge is 0.471 e. The standard InChI is InChI=1S/C24H22ClN3O2/c1-2-17-6-3-4-8-23(17)29-19-9-10-22(18(14-19)15-26)28-13-11-20(16-28)30-24-21(25)7-5-12-27-24/h3-10,12,14,20H,2,11,13,16H2,1H3/t20-/m0/s1. The van der Waals surface area contributed by atoms with Crippen LogP contribution in [-0.4, -0.2) is 24.2 Å². The zero-order valence-corrected chi connectivity index (χ0v) is 17.5. The molecule has 1 aromatic heterocycles.